The van der Waals surface area contributed by atoms with Gasteiger partial charge in [-0.25, -0.2) is 0 Å². The number of ether oxygens (including phenoxy) is 2. The van der Waals surface area contributed by atoms with Crippen LogP contribution in [-0.2, 0) is 0 Å². The molecule has 0 amide bonds. The largest absolute Gasteiger partial charge is 0.490 e. The third kappa shape index (κ3) is 2.45. The van der Waals surface area contributed by atoms with Gasteiger partial charge in [-0.15, -0.1) is 11.8 Å². The average Bonchev–Trinajstić information content (AvgIpc) is 2.76. The number of fused-ring (bicyclic) bond motifs is 1. The molecule has 1 fully saturated rings. The lowest BCUT2D eigenvalue weighted by Crippen LogP contribution is -2.24. The van der Waals surface area contributed by atoms with Gasteiger partial charge >= 0.3 is 0 Å². The monoisotopic (exact) mass is 265 g/mol. The van der Waals surface area contributed by atoms with Crippen LogP contribution >= 0.6 is 11.8 Å². The molecule has 2 atom stereocenters. The van der Waals surface area contributed by atoms with Crippen molar-refractivity contribution in [2.45, 2.75) is 31.2 Å². The first-order valence-electron chi connectivity index (χ1n) is 6.64. The first-order valence-corrected chi connectivity index (χ1v) is 7.69. The van der Waals surface area contributed by atoms with Crippen LogP contribution in [0.5, 0.6) is 11.5 Å². The van der Waals surface area contributed by atoms with Gasteiger partial charge in [0.2, 0.25) is 0 Å². The summed E-state index contributed by atoms with van der Waals surface area (Å²) in [6.45, 7) is 3.73. The molecule has 0 bridgehead atoms. The number of benzene rings is 1. The number of rotatable bonds is 2. The molecule has 0 aromatic heterocycles. The van der Waals surface area contributed by atoms with Crippen molar-refractivity contribution >= 4 is 11.8 Å². The molecule has 0 radical (unpaired) electrons. The summed E-state index contributed by atoms with van der Waals surface area (Å²) < 4.78 is 11.4. The predicted molar refractivity (Wildman–Crippen MR) is 74.5 cm³/mol. The number of nitrogens with one attached hydrogen (secondary N) is 1. The zero-order chi connectivity index (χ0) is 12.4. The van der Waals surface area contributed by atoms with Gasteiger partial charge in [-0.3, -0.25) is 5.32 Å². The van der Waals surface area contributed by atoms with Crippen LogP contribution in [0.4, 0.5) is 0 Å². The van der Waals surface area contributed by atoms with Crippen LogP contribution < -0.4 is 14.8 Å². The van der Waals surface area contributed by atoms with Crippen molar-refractivity contribution in [3.05, 3.63) is 23.8 Å². The SMILES string of the molecule is CCC1CSC(c2ccc3c(c2)OCCCO3)N1. The van der Waals surface area contributed by atoms with E-state index in [9.17, 15) is 0 Å². The van der Waals surface area contributed by atoms with Crippen molar-refractivity contribution in [1.29, 1.82) is 0 Å². The Morgan fingerprint density at radius 2 is 2.11 bits per heavy atom. The Labute approximate surface area is 112 Å². The number of hydrogen-bond donors (Lipinski definition) is 1. The third-order valence-corrected chi connectivity index (χ3v) is 4.75. The van der Waals surface area contributed by atoms with E-state index in [0.717, 1.165) is 31.1 Å². The van der Waals surface area contributed by atoms with Crippen LogP contribution in [0.1, 0.15) is 30.7 Å². The van der Waals surface area contributed by atoms with Crippen LogP contribution in [0, 0.1) is 0 Å². The van der Waals surface area contributed by atoms with E-state index in [1.165, 1.54) is 17.7 Å². The van der Waals surface area contributed by atoms with Gasteiger partial charge in [0.25, 0.3) is 0 Å². The molecule has 1 aromatic rings. The highest BCUT2D eigenvalue weighted by Gasteiger charge is 2.25. The van der Waals surface area contributed by atoms with Gasteiger partial charge in [0.15, 0.2) is 11.5 Å². The molecular weight excluding hydrogens is 246 g/mol. The van der Waals surface area contributed by atoms with Gasteiger partial charge in [-0.2, -0.15) is 0 Å². The molecule has 2 aliphatic rings. The molecule has 0 saturated carbocycles. The molecule has 3 rings (SSSR count). The highest BCUT2D eigenvalue weighted by Crippen LogP contribution is 2.38. The summed E-state index contributed by atoms with van der Waals surface area (Å²) in [7, 11) is 0. The maximum absolute atomic E-state index is 5.74. The fourth-order valence-corrected chi connectivity index (χ4v) is 3.68. The highest BCUT2D eigenvalue weighted by atomic mass is 32.2. The molecular formula is C14H19NO2S. The maximum Gasteiger partial charge on any atom is 0.161 e. The lowest BCUT2D eigenvalue weighted by molar-refractivity contribution is 0.297. The zero-order valence-corrected chi connectivity index (χ0v) is 11.5. The number of hydrogen-bond acceptors (Lipinski definition) is 4. The molecule has 98 valence electrons. The minimum absolute atomic E-state index is 0.395. The topological polar surface area (TPSA) is 30.5 Å². The van der Waals surface area contributed by atoms with Crippen molar-refractivity contribution in [3.63, 3.8) is 0 Å². The summed E-state index contributed by atoms with van der Waals surface area (Å²) in [5, 5.41) is 4.04. The lowest BCUT2D eigenvalue weighted by atomic mass is 10.1. The molecule has 1 aromatic carbocycles. The summed E-state index contributed by atoms with van der Waals surface area (Å²) >= 11 is 1.98. The van der Waals surface area contributed by atoms with Crippen molar-refractivity contribution in [2.75, 3.05) is 19.0 Å². The smallest absolute Gasteiger partial charge is 0.161 e. The summed E-state index contributed by atoms with van der Waals surface area (Å²) in [5.41, 5.74) is 1.29. The van der Waals surface area contributed by atoms with Gasteiger partial charge in [-0.1, -0.05) is 13.0 Å². The second kappa shape index (κ2) is 5.41. The molecule has 2 unspecified atom stereocenters. The minimum Gasteiger partial charge on any atom is -0.490 e. The molecule has 3 nitrogen and oxygen atoms in total. The molecule has 0 aliphatic carbocycles. The maximum atomic E-state index is 5.74. The van der Waals surface area contributed by atoms with E-state index >= 15 is 0 Å². The second-order valence-corrected chi connectivity index (χ2v) is 5.88. The second-order valence-electron chi connectivity index (χ2n) is 4.74. The third-order valence-electron chi connectivity index (χ3n) is 3.42. The summed E-state index contributed by atoms with van der Waals surface area (Å²) in [6.07, 6.45) is 2.15. The Hall–Kier alpha value is -0.870. The molecule has 18 heavy (non-hydrogen) atoms. The molecule has 1 N–H and O–H groups in total. The Morgan fingerprint density at radius 1 is 1.28 bits per heavy atom. The predicted octanol–water partition coefficient (Wildman–Crippen LogP) is 2.96. The first kappa shape index (κ1) is 12.2. The van der Waals surface area contributed by atoms with Crippen LogP contribution in [0.3, 0.4) is 0 Å². The van der Waals surface area contributed by atoms with Crippen molar-refractivity contribution < 1.29 is 9.47 Å². The minimum atomic E-state index is 0.395. The molecule has 0 spiro atoms. The molecule has 4 heteroatoms. The normalized spacial score (nSPS) is 26.9. The van der Waals surface area contributed by atoms with Gasteiger partial charge in [0.05, 0.1) is 18.6 Å². The fraction of sp³-hybridized carbons (Fsp3) is 0.571. The van der Waals surface area contributed by atoms with Gasteiger partial charge in [0.1, 0.15) is 0 Å². The summed E-state index contributed by atoms with van der Waals surface area (Å²) in [4.78, 5) is 0. The van der Waals surface area contributed by atoms with E-state index in [-0.39, 0.29) is 0 Å². The van der Waals surface area contributed by atoms with E-state index in [1.54, 1.807) is 0 Å². The average molecular weight is 265 g/mol. The zero-order valence-electron chi connectivity index (χ0n) is 10.6. The van der Waals surface area contributed by atoms with Crippen LogP contribution in [-0.4, -0.2) is 25.0 Å². The highest BCUT2D eigenvalue weighted by molar-refractivity contribution is 7.99. The summed E-state index contributed by atoms with van der Waals surface area (Å²) in [6, 6.07) is 6.95. The van der Waals surface area contributed by atoms with Crippen LogP contribution in [0.2, 0.25) is 0 Å². The van der Waals surface area contributed by atoms with E-state index in [1.807, 2.05) is 17.8 Å². The van der Waals surface area contributed by atoms with Gasteiger partial charge in [-0.05, 0) is 24.1 Å². The van der Waals surface area contributed by atoms with E-state index in [4.69, 9.17) is 9.47 Å². The summed E-state index contributed by atoms with van der Waals surface area (Å²) in [5.74, 6) is 2.97. The Kier molecular flexibility index (Phi) is 3.66. The van der Waals surface area contributed by atoms with Crippen LogP contribution in [0.25, 0.3) is 0 Å². The van der Waals surface area contributed by atoms with Gasteiger partial charge in [0, 0.05) is 18.2 Å². The van der Waals surface area contributed by atoms with E-state index in [2.05, 4.69) is 24.4 Å². The van der Waals surface area contributed by atoms with E-state index < -0.39 is 0 Å². The Balaban J connectivity index is 1.79. The Bertz CT molecular complexity index is 424. The van der Waals surface area contributed by atoms with Gasteiger partial charge < -0.3 is 9.47 Å². The number of thioether (sulfide) groups is 1. The first-order chi connectivity index (χ1) is 8.86. The van der Waals surface area contributed by atoms with Crippen molar-refractivity contribution in [3.8, 4) is 11.5 Å². The quantitative estimate of drug-likeness (QED) is 0.890. The molecule has 2 aliphatic heterocycles. The molecule has 2 heterocycles. The standard InChI is InChI=1S/C14H19NO2S/c1-2-11-9-18-14(15-11)10-4-5-12-13(8-10)17-7-3-6-16-12/h4-5,8,11,14-15H,2-3,6-7,9H2,1H3. The van der Waals surface area contributed by atoms with Crippen molar-refractivity contribution in [2.24, 2.45) is 0 Å². The lowest BCUT2D eigenvalue weighted by Gasteiger charge is -2.15. The molecule has 1 saturated heterocycles. The Morgan fingerprint density at radius 3 is 2.89 bits per heavy atom. The van der Waals surface area contributed by atoms with Crippen molar-refractivity contribution in [1.82, 2.24) is 5.32 Å². The van der Waals surface area contributed by atoms with Crippen LogP contribution in [0.15, 0.2) is 18.2 Å². The van der Waals surface area contributed by atoms with E-state index in [0.29, 0.717) is 11.4 Å². The fourth-order valence-electron chi connectivity index (χ4n) is 2.29.